The first kappa shape index (κ1) is 8.92. The minimum Gasteiger partial charge on any atom is -0.305 e. The number of rotatable bonds is 4. The molecule has 0 saturated heterocycles. The first-order valence-corrected chi connectivity index (χ1v) is 3.59. The molecule has 1 atom stereocenters. The zero-order valence-corrected chi connectivity index (χ0v) is 6.94. The summed E-state index contributed by atoms with van der Waals surface area (Å²) < 4.78 is 0. The zero-order valence-electron chi connectivity index (χ0n) is 6.94. The second-order valence-corrected chi connectivity index (χ2v) is 2.45. The summed E-state index contributed by atoms with van der Waals surface area (Å²) in [6.45, 7) is 5.52. The molecular weight excluding hydrogens is 112 g/mol. The van der Waals surface area contributed by atoms with Gasteiger partial charge in [0.1, 0.15) is 0 Å². The van der Waals surface area contributed by atoms with Crippen molar-refractivity contribution >= 4 is 0 Å². The molecule has 0 aromatic carbocycles. The van der Waals surface area contributed by atoms with Crippen molar-refractivity contribution in [2.45, 2.75) is 26.4 Å². The molecule has 0 aromatic rings. The summed E-state index contributed by atoms with van der Waals surface area (Å²) in [4.78, 5) is 2.29. The smallest absolute Gasteiger partial charge is 0.0562 e. The Hall–Kier alpha value is -0.0800. The van der Waals surface area contributed by atoms with Crippen molar-refractivity contribution in [2.75, 3.05) is 20.6 Å². The van der Waals surface area contributed by atoms with Crippen LogP contribution in [0.2, 0.25) is 0 Å². The summed E-state index contributed by atoms with van der Waals surface area (Å²) in [5.74, 6) is 0. The van der Waals surface area contributed by atoms with Crippen molar-refractivity contribution in [3.8, 4) is 0 Å². The van der Waals surface area contributed by atoms with Crippen LogP contribution in [-0.4, -0.2) is 31.7 Å². The summed E-state index contributed by atoms with van der Waals surface area (Å²) in [7, 11) is 4.11. The number of hydrogen-bond donors (Lipinski definition) is 1. The normalized spacial score (nSPS) is 14.3. The monoisotopic (exact) mass is 130 g/mol. The van der Waals surface area contributed by atoms with Gasteiger partial charge in [-0.15, -0.1) is 0 Å². The van der Waals surface area contributed by atoms with Gasteiger partial charge < -0.3 is 5.32 Å². The van der Waals surface area contributed by atoms with E-state index in [0.717, 1.165) is 0 Å². The van der Waals surface area contributed by atoms with E-state index in [1.165, 1.54) is 13.0 Å². The predicted molar refractivity (Wildman–Crippen MR) is 41.4 cm³/mol. The highest BCUT2D eigenvalue weighted by Crippen LogP contribution is 1.90. The van der Waals surface area contributed by atoms with Crippen molar-refractivity contribution in [3.63, 3.8) is 0 Å². The number of hydrogen-bond acceptors (Lipinski definition) is 2. The molecule has 0 heterocycles. The Kier molecular flexibility index (Phi) is 4.72. The summed E-state index contributed by atoms with van der Waals surface area (Å²) in [5, 5.41) is 3.18. The van der Waals surface area contributed by atoms with Crippen LogP contribution in [0.3, 0.4) is 0 Å². The van der Waals surface area contributed by atoms with Crippen molar-refractivity contribution in [1.82, 2.24) is 10.2 Å². The average Bonchev–Trinajstić information content (AvgIpc) is 1.87. The molecule has 0 amide bonds. The van der Waals surface area contributed by atoms with Crippen LogP contribution in [0.25, 0.3) is 0 Å². The van der Waals surface area contributed by atoms with Gasteiger partial charge in [-0.25, -0.2) is 0 Å². The summed E-state index contributed by atoms with van der Waals surface area (Å²) in [6.07, 6.45) is 1.73. The van der Waals surface area contributed by atoms with Gasteiger partial charge in [0.05, 0.1) is 6.17 Å². The Bertz CT molecular complexity index is 63.9. The van der Waals surface area contributed by atoms with Crippen LogP contribution in [0, 0.1) is 0 Å². The van der Waals surface area contributed by atoms with Gasteiger partial charge in [0.15, 0.2) is 0 Å². The third-order valence-electron chi connectivity index (χ3n) is 1.66. The average molecular weight is 130 g/mol. The minimum atomic E-state index is 0.505. The van der Waals surface area contributed by atoms with E-state index < -0.39 is 0 Å². The quantitative estimate of drug-likeness (QED) is 0.569. The molecular formula is C7H18N2. The summed E-state index contributed by atoms with van der Waals surface area (Å²) in [6, 6.07) is 0. The van der Waals surface area contributed by atoms with Crippen LogP contribution in [0.15, 0.2) is 0 Å². The maximum absolute atomic E-state index is 3.18. The molecule has 0 aliphatic carbocycles. The van der Waals surface area contributed by atoms with Crippen LogP contribution in [0.5, 0.6) is 0 Å². The molecule has 0 aliphatic heterocycles. The van der Waals surface area contributed by atoms with E-state index in [9.17, 15) is 0 Å². The molecule has 1 N–H and O–H groups in total. The van der Waals surface area contributed by atoms with Gasteiger partial charge in [0.2, 0.25) is 0 Å². The Labute approximate surface area is 58.2 Å². The van der Waals surface area contributed by atoms with E-state index in [1.54, 1.807) is 0 Å². The predicted octanol–water partition coefficient (Wildman–Crippen LogP) is 0.894. The van der Waals surface area contributed by atoms with E-state index in [-0.39, 0.29) is 0 Å². The minimum absolute atomic E-state index is 0.505. The first-order valence-electron chi connectivity index (χ1n) is 3.59. The fraction of sp³-hybridized carbons (Fsp3) is 1.00. The lowest BCUT2D eigenvalue weighted by atomic mass is 10.4. The van der Waals surface area contributed by atoms with Crippen LogP contribution in [-0.2, 0) is 0 Å². The van der Waals surface area contributed by atoms with Crippen molar-refractivity contribution in [1.29, 1.82) is 0 Å². The highest BCUT2D eigenvalue weighted by Gasteiger charge is 2.02. The van der Waals surface area contributed by atoms with Gasteiger partial charge in [0, 0.05) is 0 Å². The SMILES string of the molecule is CCCN(C)C(C)NC. The highest BCUT2D eigenvalue weighted by atomic mass is 15.2. The number of nitrogens with one attached hydrogen (secondary N) is 1. The van der Waals surface area contributed by atoms with E-state index in [1.807, 2.05) is 7.05 Å². The molecule has 0 rings (SSSR count). The Morgan fingerprint density at radius 3 is 2.44 bits per heavy atom. The van der Waals surface area contributed by atoms with Gasteiger partial charge in [-0.2, -0.15) is 0 Å². The van der Waals surface area contributed by atoms with Crippen molar-refractivity contribution in [3.05, 3.63) is 0 Å². The molecule has 0 aliphatic rings. The summed E-state index contributed by atoms with van der Waals surface area (Å²) in [5.41, 5.74) is 0. The standard InChI is InChI=1S/C7H18N2/c1-5-6-9(4)7(2)8-3/h7-8H,5-6H2,1-4H3. The van der Waals surface area contributed by atoms with Crippen molar-refractivity contribution in [2.24, 2.45) is 0 Å². The molecule has 56 valence electrons. The maximum Gasteiger partial charge on any atom is 0.0562 e. The third kappa shape index (κ3) is 3.49. The van der Waals surface area contributed by atoms with E-state index in [0.29, 0.717) is 6.17 Å². The topological polar surface area (TPSA) is 15.3 Å². The van der Waals surface area contributed by atoms with Gasteiger partial charge in [0.25, 0.3) is 0 Å². The van der Waals surface area contributed by atoms with Crippen LogP contribution >= 0.6 is 0 Å². The van der Waals surface area contributed by atoms with Gasteiger partial charge in [-0.1, -0.05) is 6.92 Å². The van der Waals surface area contributed by atoms with Crippen LogP contribution in [0.4, 0.5) is 0 Å². The van der Waals surface area contributed by atoms with Gasteiger partial charge in [-0.3, -0.25) is 4.90 Å². The summed E-state index contributed by atoms with van der Waals surface area (Å²) >= 11 is 0. The fourth-order valence-corrected chi connectivity index (χ4v) is 0.767. The van der Waals surface area contributed by atoms with Crippen molar-refractivity contribution < 1.29 is 0 Å². The molecule has 1 unspecified atom stereocenters. The zero-order chi connectivity index (χ0) is 7.28. The van der Waals surface area contributed by atoms with Crippen LogP contribution in [0.1, 0.15) is 20.3 Å². The molecule has 2 heteroatoms. The molecule has 2 nitrogen and oxygen atoms in total. The van der Waals surface area contributed by atoms with E-state index >= 15 is 0 Å². The van der Waals surface area contributed by atoms with Gasteiger partial charge in [-0.05, 0) is 34.0 Å². The molecule has 0 radical (unpaired) electrons. The molecule has 0 fully saturated rings. The molecule has 0 spiro atoms. The Morgan fingerprint density at radius 2 is 2.11 bits per heavy atom. The molecule has 0 aromatic heterocycles. The third-order valence-corrected chi connectivity index (χ3v) is 1.66. The highest BCUT2D eigenvalue weighted by molar-refractivity contribution is 4.55. The lowest BCUT2D eigenvalue weighted by Gasteiger charge is -2.22. The van der Waals surface area contributed by atoms with Gasteiger partial charge >= 0.3 is 0 Å². The lowest BCUT2D eigenvalue weighted by molar-refractivity contribution is 0.231. The Balaban J connectivity index is 3.32. The number of nitrogens with zero attached hydrogens (tertiary/aromatic N) is 1. The molecule has 0 saturated carbocycles. The van der Waals surface area contributed by atoms with E-state index in [4.69, 9.17) is 0 Å². The van der Waals surface area contributed by atoms with E-state index in [2.05, 4.69) is 31.1 Å². The Morgan fingerprint density at radius 1 is 1.56 bits per heavy atom. The molecule has 9 heavy (non-hydrogen) atoms. The second-order valence-electron chi connectivity index (χ2n) is 2.45. The molecule has 0 bridgehead atoms. The van der Waals surface area contributed by atoms with Crippen LogP contribution < -0.4 is 5.32 Å². The fourth-order valence-electron chi connectivity index (χ4n) is 0.767. The largest absolute Gasteiger partial charge is 0.305 e. The lowest BCUT2D eigenvalue weighted by Crippen LogP contribution is -2.39. The maximum atomic E-state index is 3.18. The first-order chi connectivity index (χ1) is 4.22. The second kappa shape index (κ2) is 4.77.